The first-order valence-corrected chi connectivity index (χ1v) is 11.9. The standard InChI is InChI=1S/C22H30N2O7S/c1-5-30-20-15-18(24-9-11-29-12-10-24)21(31-6-2)14-17(20)23-32(25,26)22-13-16(27-3)7-8-19(22)28-4/h7-8,13-15,23H,5-6,9-12H2,1-4H3. The molecule has 1 aliphatic rings. The second-order valence-electron chi connectivity index (χ2n) is 6.90. The quantitative estimate of drug-likeness (QED) is 0.571. The Morgan fingerprint density at radius 3 is 2.25 bits per heavy atom. The molecule has 1 aliphatic heterocycles. The summed E-state index contributed by atoms with van der Waals surface area (Å²) < 4.78 is 56.7. The SMILES string of the molecule is CCOc1cc(N2CCOCC2)c(OCC)cc1NS(=O)(=O)c1cc(OC)ccc1OC. The maximum Gasteiger partial charge on any atom is 0.265 e. The molecule has 32 heavy (non-hydrogen) atoms. The van der Waals surface area contributed by atoms with Crippen molar-refractivity contribution < 1.29 is 32.1 Å². The molecule has 0 amide bonds. The first-order valence-electron chi connectivity index (χ1n) is 10.4. The molecule has 0 aromatic heterocycles. The molecule has 0 unspecified atom stereocenters. The van der Waals surface area contributed by atoms with Crippen LogP contribution < -0.4 is 28.6 Å². The van der Waals surface area contributed by atoms with Gasteiger partial charge in [0.15, 0.2) is 0 Å². The van der Waals surface area contributed by atoms with Crippen LogP contribution in [0, 0.1) is 0 Å². The van der Waals surface area contributed by atoms with Gasteiger partial charge in [-0.25, -0.2) is 8.42 Å². The number of rotatable bonds is 10. The van der Waals surface area contributed by atoms with Crippen LogP contribution in [0.25, 0.3) is 0 Å². The van der Waals surface area contributed by atoms with Gasteiger partial charge in [-0.05, 0) is 26.0 Å². The Morgan fingerprint density at radius 1 is 0.938 bits per heavy atom. The van der Waals surface area contributed by atoms with Crippen molar-refractivity contribution in [1.82, 2.24) is 0 Å². The third kappa shape index (κ3) is 5.31. The molecule has 9 nitrogen and oxygen atoms in total. The van der Waals surface area contributed by atoms with Crippen molar-refractivity contribution in [3.05, 3.63) is 30.3 Å². The Bertz CT molecular complexity index is 1020. The van der Waals surface area contributed by atoms with E-state index in [-0.39, 0.29) is 16.3 Å². The highest BCUT2D eigenvalue weighted by Crippen LogP contribution is 2.41. The van der Waals surface area contributed by atoms with Gasteiger partial charge in [0, 0.05) is 31.3 Å². The first-order chi connectivity index (χ1) is 15.4. The third-order valence-electron chi connectivity index (χ3n) is 4.92. The van der Waals surface area contributed by atoms with Crippen molar-refractivity contribution in [2.75, 3.05) is 63.4 Å². The van der Waals surface area contributed by atoms with Gasteiger partial charge in [-0.15, -0.1) is 0 Å². The molecule has 1 heterocycles. The summed E-state index contributed by atoms with van der Waals surface area (Å²) in [6, 6.07) is 8.05. The van der Waals surface area contributed by atoms with Gasteiger partial charge >= 0.3 is 0 Å². The van der Waals surface area contributed by atoms with E-state index in [9.17, 15) is 8.42 Å². The summed E-state index contributed by atoms with van der Waals surface area (Å²) in [4.78, 5) is 2.09. The molecule has 0 atom stereocenters. The summed E-state index contributed by atoms with van der Waals surface area (Å²) >= 11 is 0. The number of hydrogen-bond acceptors (Lipinski definition) is 8. The van der Waals surface area contributed by atoms with E-state index < -0.39 is 10.0 Å². The summed E-state index contributed by atoms with van der Waals surface area (Å²) in [5.74, 6) is 1.57. The van der Waals surface area contributed by atoms with Gasteiger partial charge in [0.25, 0.3) is 10.0 Å². The van der Waals surface area contributed by atoms with Crippen LogP contribution in [0.1, 0.15) is 13.8 Å². The molecule has 0 aliphatic carbocycles. The number of benzene rings is 2. The fourth-order valence-electron chi connectivity index (χ4n) is 3.42. The van der Waals surface area contributed by atoms with E-state index in [0.717, 1.165) is 5.69 Å². The Hall–Kier alpha value is -2.85. The monoisotopic (exact) mass is 466 g/mol. The minimum atomic E-state index is -4.02. The van der Waals surface area contributed by atoms with Gasteiger partial charge < -0.3 is 28.6 Å². The maximum absolute atomic E-state index is 13.3. The van der Waals surface area contributed by atoms with E-state index in [1.807, 2.05) is 13.8 Å². The fourth-order valence-corrected chi connectivity index (χ4v) is 4.67. The minimum Gasteiger partial charge on any atom is -0.497 e. The van der Waals surface area contributed by atoms with Gasteiger partial charge in [0.1, 0.15) is 27.9 Å². The third-order valence-corrected chi connectivity index (χ3v) is 6.30. The van der Waals surface area contributed by atoms with Crippen molar-refractivity contribution in [2.45, 2.75) is 18.7 Å². The second-order valence-corrected chi connectivity index (χ2v) is 8.55. The number of anilines is 2. The van der Waals surface area contributed by atoms with Crippen LogP contribution >= 0.6 is 0 Å². The Balaban J connectivity index is 2.05. The van der Waals surface area contributed by atoms with Crippen molar-refractivity contribution in [3.63, 3.8) is 0 Å². The number of nitrogens with one attached hydrogen (secondary N) is 1. The Morgan fingerprint density at radius 2 is 1.62 bits per heavy atom. The molecule has 1 N–H and O–H groups in total. The average molecular weight is 467 g/mol. The summed E-state index contributed by atoms with van der Waals surface area (Å²) in [5, 5.41) is 0. The van der Waals surface area contributed by atoms with Gasteiger partial charge in [0.05, 0.1) is 52.0 Å². The first kappa shape index (κ1) is 23.8. The van der Waals surface area contributed by atoms with Crippen LogP contribution in [0.4, 0.5) is 11.4 Å². The molecule has 3 rings (SSSR count). The molecule has 0 spiro atoms. The van der Waals surface area contributed by atoms with E-state index in [1.165, 1.54) is 20.3 Å². The van der Waals surface area contributed by atoms with Gasteiger partial charge in [-0.1, -0.05) is 0 Å². The smallest absolute Gasteiger partial charge is 0.265 e. The summed E-state index contributed by atoms with van der Waals surface area (Å²) in [6.45, 7) is 7.15. The van der Waals surface area contributed by atoms with Crippen LogP contribution in [-0.4, -0.2) is 62.2 Å². The van der Waals surface area contributed by atoms with Crippen LogP contribution in [0.5, 0.6) is 23.0 Å². The van der Waals surface area contributed by atoms with Gasteiger partial charge in [-0.3, -0.25) is 4.72 Å². The van der Waals surface area contributed by atoms with Crippen LogP contribution in [0.15, 0.2) is 35.2 Å². The molecule has 2 aromatic carbocycles. The van der Waals surface area contributed by atoms with Gasteiger partial charge in [-0.2, -0.15) is 0 Å². The Kier molecular flexibility index (Phi) is 7.92. The van der Waals surface area contributed by atoms with E-state index in [0.29, 0.717) is 56.8 Å². The summed E-state index contributed by atoms with van der Waals surface area (Å²) in [6.07, 6.45) is 0. The van der Waals surface area contributed by atoms with Crippen LogP contribution in [-0.2, 0) is 14.8 Å². The zero-order chi connectivity index (χ0) is 23.1. The molecule has 1 saturated heterocycles. The molecular weight excluding hydrogens is 436 g/mol. The number of hydrogen-bond donors (Lipinski definition) is 1. The second kappa shape index (κ2) is 10.6. The van der Waals surface area contributed by atoms with Crippen molar-refractivity contribution in [2.24, 2.45) is 0 Å². The van der Waals surface area contributed by atoms with E-state index in [2.05, 4.69) is 9.62 Å². The lowest BCUT2D eigenvalue weighted by Crippen LogP contribution is -2.36. The van der Waals surface area contributed by atoms with Crippen molar-refractivity contribution in [1.29, 1.82) is 0 Å². The molecule has 176 valence electrons. The molecule has 10 heteroatoms. The number of ether oxygens (including phenoxy) is 5. The number of methoxy groups -OCH3 is 2. The van der Waals surface area contributed by atoms with Gasteiger partial charge in [0.2, 0.25) is 0 Å². The maximum atomic E-state index is 13.3. The molecule has 0 saturated carbocycles. The highest BCUT2D eigenvalue weighted by Gasteiger charge is 2.25. The largest absolute Gasteiger partial charge is 0.497 e. The average Bonchev–Trinajstić information content (AvgIpc) is 2.80. The topological polar surface area (TPSA) is 95.6 Å². The number of sulfonamides is 1. The highest BCUT2D eigenvalue weighted by atomic mass is 32.2. The zero-order valence-corrected chi connectivity index (χ0v) is 19.7. The molecule has 0 bridgehead atoms. The summed E-state index contributed by atoms with van der Waals surface area (Å²) in [7, 11) is -1.14. The Labute approximate surface area is 189 Å². The molecule has 1 fully saturated rings. The van der Waals surface area contributed by atoms with Crippen molar-refractivity contribution in [3.8, 4) is 23.0 Å². The van der Waals surface area contributed by atoms with E-state index in [4.69, 9.17) is 23.7 Å². The number of morpholine rings is 1. The fraction of sp³-hybridized carbons (Fsp3) is 0.455. The lowest BCUT2D eigenvalue weighted by Gasteiger charge is -2.31. The predicted octanol–water partition coefficient (Wildman–Crippen LogP) is 3.14. The predicted molar refractivity (Wildman–Crippen MR) is 122 cm³/mol. The van der Waals surface area contributed by atoms with E-state index >= 15 is 0 Å². The number of nitrogens with zero attached hydrogens (tertiary/aromatic N) is 1. The zero-order valence-electron chi connectivity index (χ0n) is 18.8. The molecule has 2 aromatic rings. The summed E-state index contributed by atoms with van der Waals surface area (Å²) in [5.41, 5.74) is 1.11. The minimum absolute atomic E-state index is 0.0444. The normalized spacial score (nSPS) is 14.1. The van der Waals surface area contributed by atoms with Crippen LogP contribution in [0.3, 0.4) is 0 Å². The lowest BCUT2D eigenvalue weighted by molar-refractivity contribution is 0.122. The van der Waals surface area contributed by atoms with Crippen molar-refractivity contribution >= 4 is 21.4 Å². The molecule has 0 radical (unpaired) electrons. The van der Waals surface area contributed by atoms with Crippen LogP contribution in [0.2, 0.25) is 0 Å². The molecular formula is C22H30N2O7S. The lowest BCUT2D eigenvalue weighted by atomic mass is 10.2. The van der Waals surface area contributed by atoms with E-state index in [1.54, 1.807) is 24.3 Å². The highest BCUT2D eigenvalue weighted by molar-refractivity contribution is 7.92.